The van der Waals surface area contributed by atoms with Crippen LogP contribution in [0.4, 0.5) is 10.7 Å². The number of anilines is 2. The van der Waals surface area contributed by atoms with Crippen molar-refractivity contribution in [1.29, 1.82) is 0 Å². The number of carbonyl (C=O) groups is 1. The van der Waals surface area contributed by atoms with Crippen LogP contribution in [0.3, 0.4) is 0 Å². The highest BCUT2D eigenvalue weighted by Crippen LogP contribution is 2.39. The van der Waals surface area contributed by atoms with Gasteiger partial charge >= 0.3 is 5.97 Å². The van der Waals surface area contributed by atoms with Gasteiger partial charge in [-0.15, -0.1) is 11.3 Å². The van der Waals surface area contributed by atoms with Gasteiger partial charge in [-0.3, -0.25) is 0 Å². The lowest BCUT2D eigenvalue weighted by molar-refractivity contribution is 0.0607. The minimum atomic E-state index is -0.379. The van der Waals surface area contributed by atoms with Crippen molar-refractivity contribution in [2.45, 2.75) is 25.8 Å². The monoisotopic (exact) mass is 269 g/mol. The van der Waals surface area contributed by atoms with Gasteiger partial charge in [0.05, 0.1) is 17.8 Å². The Morgan fingerprint density at radius 1 is 1.39 bits per heavy atom. The first-order chi connectivity index (χ1) is 8.69. The summed E-state index contributed by atoms with van der Waals surface area (Å²) in [7, 11) is 1.37. The highest BCUT2D eigenvalue weighted by molar-refractivity contribution is 7.18. The number of nitrogens with zero attached hydrogens (tertiary/aromatic N) is 1. The van der Waals surface area contributed by atoms with Crippen LogP contribution >= 0.6 is 11.3 Å². The Morgan fingerprint density at radius 3 is 2.61 bits per heavy atom. The summed E-state index contributed by atoms with van der Waals surface area (Å²) < 4.78 is 4.75. The number of piperidine rings is 1. The van der Waals surface area contributed by atoms with Crippen molar-refractivity contribution in [3.8, 4) is 0 Å². The molecule has 1 fully saturated rings. The molecule has 1 saturated heterocycles. The Bertz CT molecular complexity index is 439. The van der Waals surface area contributed by atoms with Crippen LogP contribution in [-0.2, 0) is 11.3 Å². The first kappa shape index (κ1) is 13.2. The largest absolute Gasteiger partial charge is 0.465 e. The third-order valence-corrected chi connectivity index (χ3v) is 4.53. The molecular weight excluding hydrogens is 250 g/mol. The molecule has 1 aromatic heterocycles. The summed E-state index contributed by atoms with van der Waals surface area (Å²) in [5.41, 5.74) is 13.1. The number of nitrogens with two attached hydrogens (primary N) is 2. The summed E-state index contributed by atoms with van der Waals surface area (Å²) in [5, 5.41) is 1.04. The SMILES string of the molecule is COC(=O)c1sc(N2CCCCC2)c(CN)c1N. The van der Waals surface area contributed by atoms with E-state index in [9.17, 15) is 4.79 Å². The molecule has 0 amide bonds. The van der Waals surface area contributed by atoms with Gasteiger partial charge in [0.15, 0.2) is 0 Å². The van der Waals surface area contributed by atoms with Crippen LogP contribution in [0.2, 0.25) is 0 Å². The van der Waals surface area contributed by atoms with Gasteiger partial charge in [0, 0.05) is 25.2 Å². The number of ether oxygens (including phenoxy) is 1. The average molecular weight is 269 g/mol. The fraction of sp³-hybridized carbons (Fsp3) is 0.583. The van der Waals surface area contributed by atoms with Crippen molar-refractivity contribution in [2.24, 2.45) is 5.73 Å². The van der Waals surface area contributed by atoms with Crippen molar-refractivity contribution in [3.63, 3.8) is 0 Å². The van der Waals surface area contributed by atoms with Gasteiger partial charge in [-0.25, -0.2) is 4.79 Å². The number of esters is 1. The number of methoxy groups -OCH3 is 1. The molecule has 1 aromatic rings. The van der Waals surface area contributed by atoms with Crippen LogP contribution in [-0.4, -0.2) is 26.2 Å². The zero-order valence-electron chi connectivity index (χ0n) is 10.6. The Morgan fingerprint density at radius 2 is 2.06 bits per heavy atom. The minimum Gasteiger partial charge on any atom is -0.465 e. The number of carbonyl (C=O) groups excluding carboxylic acids is 1. The first-order valence-electron chi connectivity index (χ1n) is 6.13. The maximum atomic E-state index is 11.6. The highest BCUT2D eigenvalue weighted by Gasteiger charge is 2.24. The van der Waals surface area contributed by atoms with Crippen molar-refractivity contribution >= 4 is 28.0 Å². The van der Waals surface area contributed by atoms with Crippen LogP contribution < -0.4 is 16.4 Å². The lowest BCUT2D eigenvalue weighted by atomic mass is 10.1. The molecule has 0 bridgehead atoms. The fourth-order valence-electron chi connectivity index (χ4n) is 2.26. The zero-order valence-corrected chi connectivity index (χ0v) is 11.4. The molecule has 2 rings (SSSR count). The molecule has 4 N–H and O–H groups in total. The summed E-state index contributed by atoms with van der Waals surface area (Å²) in [6.07, 6.45) is 3.62. The molecule has 2 heterocycles. The van der Waals surface area contributed by atoms with E-state index in [0.717, 1.165) is 23.7 Å². The zero-order chi connectivity index (χ0) is 13.1. The predicted molar refractivity (Wildman–Crippen MR) is 74.0 cm³/mol. The summed E-state index contributed by atoms with van der Waals surface area (Å²) in [4.78, 5) is 14.4. The van der Waals surface area contributed by atoms with E-state index in [-0.39, 0.29) is 5.97 Å². The van der Waals surface area contributed by atoms with E-state index >= 15 is 0 Å². The second kappa shape index (κ2) is 5.58. The molecule has 1 aliphatic heterocycles. The maximum absolute atomic E-state index is 11.6. The first-order valence-corrected chi connectivity index (χ1v) is 6.95. The van der Waals surface area contributed by atoms with Crippen LogP contribution in [0.5, 0.6) is 0 Å². The Hall–Kier alpha value is -1.27. The van der Waals surface area contributed by atoms with Crippen molar-refractivity contribution in [1.82, 2.24) is 0 Å². The Balaban J connectivity index is 2.36. The molecule has 1 aliphatic rings. The summed E-state index contributed by atoms with van der Waals surface area (Å²) in [5.74, 6) is -0.379. The van der Waals surface area contributed by atoms with Crippen LogP contribution in [0.15, 0.2) is 0 Å². The Labute approximate surface area is 111 Å². The molecule has 18 heavy (non-hydrogen) atoms. The molecule has 0 aromatic carbocycles. The molecule has 0 radical (unpaired) electrons. The molecule has 100 valence electrons. The lowest BCUT2D eigenvalue weighted by Crippen LogP contribution is -2.29. The number of nitrogen functional groups attached to an aromatic ring is 1. The standard InChI is InChI=1S/C12H19N3O2S/c1-17-12(16)10-9(14)8(7-13)11(18-10)15-5-3-2-4-6-15/h2-7,13-14H2,1H3. The minimum absolute atomic E-state index is 0.352. The van der Waals surface area contributed by atoms with Gasteiger partial charge in [-0.05, 0) is 19.3 Å². The van der Waals surface area contributed by atoms with E-state index in [1.54, 1.807) is 0 Å². The van der Waals surface area contributed by atoms with Gasteiger partial charge in [-0.2, -0.15) is 0 Å². The molecule has 0 spiro atoms. The van der Waals surface area contributed by atoms with E-state index in [0.29, 0.717) is 17.1 Å². The second-order valence-electron chi connectivity index (χ2n) is 4.37. The van der Waals surface area contributed by atoms with Gasteiger partial charge < -0.3 is 21.1 Å². The normalized spacial score (nSPS) is 15.8. The molecule has 0 atom stereocenters. The van der Waals surface area contributed by atoms with Crippen LogP contribution in [0.1, 0.15) is 34.5 Å². The predicted octanol–water partition coefficient (Wildman–Crippen LogP) is 1.57. The average Bonchev–Trinajstić information content (AvgIpc) is 2.76. The van der Waals surface area contributed by atoms with E-state index < -0.39 is 0 Å². The molecule has 0 saturated carbocycles. The fourth-order valence-corrected chi connectivity index (χ4v) is 3.48. The highest BCUT2D eigenvalue weighted by atomic mass is 32.1. The molecule has 0 unspecified atom stereocenters. The van der Waals surface area contributed by atoms with Gasteiger partial charge in [0.25, 0.3) is 0 Å². The number of thiophene rings is 1. The summed E-state index contributed by atoms with van der Waals surface area (Å²) >= 11 is 1.40. The van der Waals surface area contributed by atoms with Crippen molar-refractivity contribution < 1.29 is 9.53 Å². The number of hydrogen-bond acceptors (Lipinski definition) is 6. The van der Waals surface area contributed by atoms with Gasteiger partial charge in [0.1, 0.15) is 4.88 Å². The van der Waals surface area contributed by atoms with E-state index in [1.165, 1.54) is 37.7 Å². The molecular formula is C12H19N3O2S. The van der Waals surface area contributed by atoms with Gasteiger partial charge in [-0.1, -0.05) is 0 Å². The van der Waals surface area contributed by atoms with Crippen LogP contribution in [0, 0.1) is 0 Å². The quantitative estimate of drug-likeness (QED) is 0.814. The third kappa shape index (κ3) is 2.30. The molecule has 5 nitrogen and oxygen atoms in total. The van der Waals surface area contributed by atoms with E-state index in [2.05, 4.69) is 4.90 Å². The van der Waals surface area contributed by atoms with Crippen molar-refractivity contribution in [3.05, 3.63) is 10.4 Å². The maximum Gasteiger partial charge on any atom is 0.350 e. The second-order valence-corrected chi connectivity index (χ2v) is 5.37. The summed E-state index contributed by atoms with van der Waals surface area (Å²) in [6, 6.07) is 0. The third-order valence-electron chi connectivity index (χ3n) is 3.24. The molecule has 0 aliphatic carbocycles. The smallest absolute Gasteiger partial charge is 0.350 e. The topological polar surface area (TPSA) is 81.6 Å². The van der Waals surface area contributed by atoms with Crippen molar-refractivity contribution in [2.75, 3.05) is 30.8 Å². The van der Waals surface area contributed by atoms with Crippen LogP contribution in [0.25, 0.3) is 0 Å². The Kier molecular flexibility index (Phi) is 4.08. The van der Waals surface area contributed by atoms with E-state index in [1.807, 2.05) is 0 Å². The van der Waals surface area contributed by atoms with E-state index in [4.69, 9.17) is 16.2 Å². The number of rotatable bonds is 3. The number of hydrogen-bond donors (Lipinski definition) is 2. The van der Waals surface area contributed by atoms with Gasteiger partial charge in [0.2, 0.25) is 0 Å². The molecule has 6 heteroatoms. The summed E-state index contributed by atoms with van der Waals surface area (Å²) in [6.45, 7) is 2.37. The lowest BCUT2D eigenvalue weighted by Gasteiger charge is -2.28.